The Kier molecular flexibility index (Phi) is 5.47. The number of fused-ring (bicyclic) bond motifs is 13. The van der Waals surface area contributed by atoms with Crippen LogP contribution in [0.15, 0.2) is 170 Å². The molecule has 0 fully saturated rings. The molecule has 0 atom stereocenters. The predicted molar refractivity (Wildman–Crippen MR) is 217 cm³/mol. The van der Waals surface area contributed by atoms with Crippen molar-refractivity contribution < 1.29 is 0 Å². The Morgan fingerprint density at radius 1 is 0.365 bits per heavy atom. The van der Waals surface area contributed by atoms with E-state index in [0.717, 1.165) is 33.4 Å². The minimum atomic E-state index is 0.705. The Hall–Kier alpha value is -7.04. The zero-order valence-corrected chi connectivity index (χ0v) is 28.0. The first-order chi connectivity index (χ1) is 25.8. The second kappa shape index (κ2) is 10.3. The van der Waals surface area contributed by atoms with Crippen LogP contribution in [0.5, 0.6) is 0 Å². The van der Waals surface area contributed by atoms with E-state index in [-0.39, 0.29) is 0 Å². The molecule has 12 aromatic rings. The van der Waals surface area contributed by atoms with Gasteiger partial charge in [0.25, 0.3) is 0 Å². The number of aromatic nitrogens is 4. The summed E-state index contributed by atoms with van der Waals surface area (Å²) in [7, 11) is 0. The molecule has 0 aliphatic heterocycles. The molecule has 4 heteroatoms. The van der Waals surface area contributed by atoms with Crippen LogP contribution in [-0.4, -0.2) is 18.9 Å². The van der Waals surface area contributed by atoms with Crippen molar-refractivity contribution in [2.45, 2.75) is 0 Å². The highest BCUT2D eigenvalue weighted by atomic mass is 15.1. The second-order valence-corrected chi connectivity index (χ2v) is 13.8. The molecule has 0 bridgehead atoms. The summed E-state index contributed by atoms with van der Waals surface area (Å²) in [6.45, 7) is 0. The molecule has 0 spiro atoms. The van der Waals surface area contributed by atoms with Gasteiger partial charge in [-0.15, -0.1) is 0 Å². The molecular weight excluding hydrogens is 633 g/mol. The third-order valence-electron chi connectivity index (χ3n) is 11.0. The van der Waals surface area contributed by atoms with Crippen molar-refractivity contribution >= 4 is 81.6 Å². The van der Waals surface area contributed by atoms with Gasteiger partial charge in [-0.2, -0.15) is 0 Å². The number of hydrogen-bond acceptors (Lipinski definition) is 2. The van der Waals surface area contributed by atoms with Gasteiger partial charge in [0.2, 0.25) is 0 Å². The van der Waals surface area contributed by atoms with Crippen LogP contribution < -0.4 is 0 Å². The molecule has 0 aliphatic rings. The Bertz CT molecular complexity index is 3410. The van der Waals surface area contributed by atoms with Gasteiger partial charge in [-0.1, -0.05) is 133 Å². The minimum Gasteiger partial charge on any atom is -0.307 e. The summed E-state index contributed by atoms with van der Waals surface area (Å²) in [5, 5.41) is 11.0. The lowest BCUT2D eigenvalue weighted by atomic mass is 10.0. The molecule has 0 aliphatic carbocycles. The van der Waals surface area contributed by atoms with Crippen molar-refractivity contribution in [1.82, 2.24) is 18.9 Å². The van der Waals surface area contributed by atoms with Crippen LogP contribution in [0.4, 0.5) is 0 Å². The van der Waals surface area contributed by atoms with E-state index in [9.17, 15) is 0 Å². The lowest BCUT2D eigenvalue weighted by Gasteiger charge is -2.14. The van der Waals surface area contributed by atoms with E-state index in [4.69, 9.17) is 9.97 Å². The van der Waals surface area contributed by atoms with E-state index in [0.29, 0.717) is 5.82 Å². The predicted octanol–water partition coefficient (Wildman–Crippen LogP) is 12.4. The van der Waals surface area contributed by atoms with Crippen LogP contribution in [0, 0.1) is 0 Å². The molecular formula is C48H28N4. The van der Waals surface area contributed by atoms with Crippen molar-refractivity contribution in [1.29, 1.82) is 0 Å². The highest BCUT2D eigenvalue weighted by Crippen LogP contribution is 2.48. The monoisotopic (exact) mass is 660 g/mol. The van der Waals surface area contributed by atoms with E-state index in [2.05, 4.69) is 179 Å². The highest BCUT2D eigenvalue weighted by Gasteiger charge is 2.26. The smallest absolute Gasteiger partial charge is 0.162 e. The first-order valence-electron chi connectivity index (χ1n) is 17.8. The maximum Gasteiger partial charge on any atom is 0.162 e. The van der Waals surface area contributed by atoms with E-state index < -0.39 is 0 Å². The molecule has 0 saturated carbocycles. The summed E-state index contributed by atoms with van der Waals surface area (Å²) in [6, 6.07) is 60.9. The second-order valence-electron chi connectivity index (χ2n) is 13.8. The highest BCUT2D eigenvalue weighted by molar-refractivity contribution is 6.35. The quantitative estimate of drug-likeness (QED) is 0.189. The number of hydrogen-bond donors (Lipinski definition) is 0. The van der Waals surface area contributed by atoms with Crippen molar-refractivity contribution in [3.05, 3.63) is 170 Å². The van der Waals surface area contributed by atoms with E-state index in [1.54, 1.807) is 0 Å². The zero-order valence-electron chi connectivity index (χ0n) is 28.0. The number of nitrogens with zero attached hydrogens (tertiary/aromatic N) is 4. The first-order valence-corrected chi connectivity index (χ1v) is 17.8. The van der Waals surface area contributed by atoms with Gasteiger partial charge in [0.1, 0.15) is 5.82 Å². The number of para-hydroxylation sites is 3. The summed E-state index contributed by atoms with van der Waals surface area (Å²) in [5.74, 6) is 1.58. The number of rotatable bonds is 3. The normalized spacial score (nSPS) is 12.2. The summed E-state index contributed by atoms with van der Waals surface area (Å²) in [5.41, 5.74) is 10.2. The average molecular weight is 661 g/mol. The Morgan fingerprint density at radius 2 is 1.04 bits per heavy atom. The van der Waals surface area contributed by atoms with Gasteiger partial charge in [0.15, 0.2) is 5.82 Å². The third kappa shape index (κ3) is 3.65. The standard InChI is InChI=1S/C48H28N4/c1-2-13-29(14-3-1)31-16-12-17-32(27-31)47-49-40-22-9-6-20-36(40)48(50-47)52-41-23-10-7-19-34(41)38-28-39-35-26-25-30-15-4-5-18-33(30)44(35)51-42-24-11-8-21-37(42)43(45(39)51)46(38)52/h1-28H. The topological polar surface area (TPSA) is 35.1 Å². The minimum absolute atomic E-state index is 0.705. The fourth-order valence-electron chi connectivity index (χ4n) is 8.80. The maximum absolute atomic E-state index is 5.51. The van der Waals surface area contributed by atoms with Gasteiger partial charge < -0.3 is 4.40 Å². The van der Waals surface area contributed by atoms with Crippen molar-refractivity contribution in [3.63, 3.8) is 0 Å². The fraction of sp³-hybridized carbons (Fsp3) is 0. The molecule has 4 nitrogen and oxygen atoms in total. The SMILES string of the molecule is c1ccc(-c2cccc(-c3nc(-n4c5ccccc5c5cc6c7ccc8ccccc8c7n7c8ccccc8c(c54)c67)c4ccccc4n3)c2)cc1. The number of benzene rings is 8. The summed E-state index contributed by atoms with van der Waals surface area (Å²) in [4.78, 5) is 10.7. The average Bonchev–Trinajstić information content (AvgIpc) is 3.85. The molecule has 0 saturated heterocycles. The molecule has 52 heavy (non-hydrogen) atoms. The van der Waals surface area contributed by atoms with Gasteiger partial charge >= 0.3 is 0 Å². The van der Waals surface area contributed by atoms with Gasteiger partial charge in [-0.3, -0.25) is 4.57 Å². The summed E-state index contributed by atoms with van der Waals surface area (Å²) < 4.78 is 4.92. The Labute approximate surface area is 297 Å². The lowest BCUT2D eigenvalue weighted by Crippen LogP contribution is -2.03. The Balaban J connectivity index is 1.26. The molecule has 4 aromatic heterocycles. The van der Waals surface area contributed by atoms with Crippen molar-refractivity contribution in [3.8, 4) is 28.3 Å². The van der Waals surface area contributed by atoms with Crippen LogP contribution in [0.2, 0.25) is 0 Å². The van der Waals surface area contributed by atoms with Crippen molar-refractivity contribution in [2.75, 3.05) is 0 Å². The molecule has 0 amide bonds. The maximum atomic E-state index is 5.51. The van der Waals surface area contributed by atoms with Crippen LogP contribution >= 0.6 is 0 Å². The third-order valence-corrected chi connectivity index (χ3v) is 11.0. The van der Waals surface area contributed by atoms with Crippen LogP contribution in [0.3, 0.4) is 0 Å². The molecule has 4 heterocycles. The molecule has 240 valence electrons. The van der Waals surface area contributed by atoms with Crippen molar-refractivity contribution in [2.24, 2.45) is 0 Å². The van der Waals surface area contributed by atoms with Gasteiger partial charge in [-0.05, 0) is 52.9 Å². The van der Waals surface area contributed by atoms with E-state index in [1.807, 2.05) is 0 Å². The van der Waals surface area contributed by atoms with Crippen LogP contribution in [0.1, 0.15) is 0 Å². The molecule has 0 unspecified atom stereocenters. The molecule has 8 aromatic carbocycles. The van der Waals surface area contributed by atoms with Gasteiger partial charge in [0, 0.05) is 48.7 Å². The van der Waals surface area contributed by atoms with Gasteiger partial charge in [-0.25, -0.2) is 9.97 Å². The lowest BCUT2D eigenvalue weighted by molar-refractivity contribution is 1.08. The van der Waals surface area contributed by atoms with Gasteiger partial charge in [0.05, 0.1) is 33.1 Å². The largest absolute Gasteiger partial charge is 0.307 e. The van der Waals surface area contributed by atoms with Crippen LogP contribution in [0.25, 0.3) is 110 Å². The van der Waals surface area contributed by atoms with Crippen LogP contribution in [-0.2, 0) is 0 Å². The molecule has 0 N–H and O–H groups in total. The van der Waals surface area contributed by atoms with E-state index >= 15 is 0 Å². The molecule has 12 rings (SSSR count). The zero-order chi connectivity index (χ0) is 33.9. The summed E-state index contributed by atoms with van der Waals surface area (Å²) in [6.07, 6.45) is 0. The Morgan fingerprint density at radius 3 is 1.92 bits per heavy atom. The fourth-order valence-corrected chi connectivity index (χ4v) is 8.80. The molecule has 0 radical (unpaired) electrons. The first kappa shape index (κ1) is 27.7. The summed E-state index contributed by atoms with van der Waals surface area (Å²) >= 11 is 0. The van der Waals surface area contributed by atoms with E-state index in [1.165, 1.54) is 70.7 Å².